The van der Waals surface area contributed by atoms with Gasteiger partial charge in [0.15, 0.2) is 0 Å². The second kappa shape index (κ2) is 7.70. The minimum atomic E-state index is 0.298. The number of amides is 1. The molecule has 0 aromatic rings. The van der Waals surface area contributed by atoms with Crippen LogP contribution in [0.3, 0.4) is 0 Å². The molecule has 1 aliphatic rings. The number of rotatable bonds is 6. The zero-order chi connectivity index (χ0) is 12.7. The van der Waals surface area contributed by atoms with Crippen molar-refractivity contribution in [3.63, 3.8) is 0 Å². The Balaban J connectivity index is 2.26. The Hall–Kier alpha value is -0.570. The zero-order valence-corrected chi connectivity index (χ0v) is 11.7. The van der Waals surface area contributed by atoms with Crippen LogP contribution in [-0.4, -0.2) is 37.0 Å². The molecule has 3 heteroatoms. The molecule has 1 saturated heterocycles. The Morgan fingerprint density at radius 2 is 2.18 bits per heavy atom. The second-order valence-electron chi connectivity index (χ2n) is 5.41. The maximum Gasteiger partial charge on any atom is 0.223 e. The summed E-state index contributed by atoms with van der Waals surface area (Å²) in [4.78, 5) is 13.9. The van der Waals surface area contributed by atoms with Crippen LogP contribution in [0.1, 0.15) is 52.4 Å². The van der Waals surface area contributed by atoms with E-state index in [-0.39, 0.29) is 0 Å². The molecule has 100 valence electrons. The van der Waals surface area contributed by atoms with Crippen molar-refractivity contribution in [2.24, 2.45) is 5.92 Å². The fourth-order valence-electron chi connectivity index (χ4n) is 2.45. The van der Waals surface area contributed by atoms with E-state index in [1.807, 2.05) is 11.9 Å². The molecule has 3 nitrogen and oxygen atoms in total. The van der Waals surface area contributed by atoms with Gasteiger partial charge in [-0.1, -0.05) is 26.7 Å². The first-order chi connectivity index (χ1) is 8.15. The van der Waals surface area contributed by atoms with Crippen molar-refractivity contribution < 1.29 is 4.79 Å². The van der Waals surface area contributed by atoms with Crippen LogP contribution in [0.25, 0.3) is 0 Å². The molecule has 0 spiro atoms. The molecular formula is C14H28N2O. The Morgan fingerprint density at radius 3 is 2.82 bits per heavy atom. The van der Waals surface area contributed by atoms with E-state index in [1.165, 1.54) is 25.7 Å². The molecule has 0 aromatic carbocycles. The van der Waals surface area contributed by atoms with Gasteiger partial charge in [-0.3, -0.25) is 4.79 Å². The van der Waals surface area contributed by atoms with Crippen LogP contribution in [0, 0.1) is 5.92 Å². The molecule has 0 aliphatic carbocycles. The molecule has 1 amide bonds. The van der Waals surface area contributed by atoms with Gasteiger partial charge >= 0.3 is 0 Å². The number of unbranched alkanes of at least 4 members (excludes halogenated alkanes) is 2. The van der Waals surface area contributed by atoms with E-state index in [0.29, 0.717) is 24.3 Å². The summed E-state index contributed by atoms with van der Waals surface area (Å²) in [5, 5.41) is 3.47. The molecule has 2 atom stereocenters. The minimum Gasteiger partial charge on any atom is -0.346 e. The van der Waals surface area contributed by atoms with Gasteiger partial charge in [0.05, 0.1) is 0 Å². The molecule has 1 rings (SSSR count). The topological polar surface area (TPSA) is 32.3 Å². The summed E-state index contributed by atoms with van der Waals surface area (Å²) in [6.07, 6.45) is 6.73. The highest BCUT2D eigenvalue weighted by Crippen LogP contribution is 2.18. The van der Waals surface area contributed by atoms with Gasteiger partial charge in [0.1, 0.15) is 0 Å². The van der Waals surface area contributed by atoms with Crippen molar-refractivity contribution in [1.82, 2.24) is 10.2 Å². The first-order valence-electron chi connectivity index (χ1n) is 7.12. The van der Waals surface area contributed by atoms with Crippen molar-refractivity contribution in [2.45, 2.75) is 58.4 Å². The fourth-order valence-corrected chi connectivity index (χ4v) is 2.45. The molecule has 0 bridgehead atoms. The summed E-state index contributed by atoms with van der Waals surface area (Å²) in [5.41, 5.74) is 0. The first-order valence-corrected chi connectivity index (χ1v) is 7.12. The summed E-state index contributed by atoms with van der Waals surface area (Å²) >= 11 is 0. The van der Waals surface area contributed by atoms with Crippen molar-refractivity contribution in [3.05, 3.63) is 0 Å². The van der Waals surface area contributed by atoms with Crippen LogP contribution in [0.5, 0.6) is 0 Å². The van der Waals surface area contributed by atoms with Gasteiger partial charge in [-0.15, -0.1) is 0 Å². The molecule has 1 heterocycles. The Kier molecular flexibility index (Phi) is 6.56. The molecule has 0 saturated carbocycles. The SMILES string of the molecule is CCCCCN(C)C(=O)CC1NCCCC1C. The summed E-state index contributed by atoms with van der Waals surface area (Å²) in [5.74, 6) is 0.934. The van der Waals surface area contributed by atoms with E-state index in [4.69, 9.17) is 0 Å². The lowest BCUT2D eigenvalue weighted by Gasteiger charge is -2.31. The molecule has 0 aromatic heterocycles. The molecule has 1 aliphatic heterocycles. The lowest BCUT2D eigenvalue weighted by atomic mass is 9.90. The predicted molar refractivity (Wildman–Crippen MR) is 72.0 cm³/mol. The summed E-state index contributed by atoms with van der Waals surface area (Å²) in [6, 6.07) is 0.393. The van der Waals surface area contributed by atoms with Crippen LogP contribution in [-0.2, 0) is 4.79 Å². The van der Waals surface area contributed by atoms with Crippen molar-refractivity contribution in [1.29, 1.82) is 0 Å². The van der Waals surface area contributed by atoms with Crippen molar-refractivity contribution in [3.8, 4) is 0 Å². The Labute approximate surface area is 106 Å². The highest BCUT2D eigenvalue weighted by Gasteiger charge is 2.24. The van der Waals surface area contributed by atoms with Crippen molar-refractivity contribution >= 4 is 5.91 Å². The van der Waals surface area contributed by atoms with Gasteiger partial charge in [0, 0.05) is 26.1 Å². The van der Waals surface area contributed by atoms with Gasteiger partial charge < -0.3 is 10.2 Å². The summed E-state index contributed by atoms with van der Waals surface area (Å²) < 4.78 is 0. The zero-order valence-electron chi connectivity index (χ0n) is 11.7. The van der Waals surface area contributed by atoms with Gasteiger partial charge in [0.25, 0.3) is 0 Å². The maximum absolute atomic E-state index is 12.0. The van der Waals surface area contributed by atoms with Crippen LogP contribution in [0.15, 0.2) is 0 Å². The Morgan fingerprint density at radius 1 is 1.41 bits per heavy atom. The standard InChI is InChI=1S/C14H28N2O/c1-4-5-6-10-16(3)14(17)11-13-12(2)8-7-9-15-13/h12-13,15H,4-11H2,1-3H3. The molecule has 0 radical (unpaired) electrons. The lowest BCUT2D eigenvalue weighted by molar-refractivity contribution is -0.130. The van der Waals surface area contributed by atoms with E-state index < -0.39 is 0 Å². The molecular weight excluding hydrogens is 212 g/mol. The number of piperidine rings is 1. The van der Waals surface area contributed by atoms with Crippen molar-refractivity contribution in [2.75, 3.05) is 20.1 Å². The Bertz CT molecular complexity index is 230. The summed E-state index contributed by atoms with van der Waals surface area (Å²) in [7, 11) is 1.94. The predicted octanol–water partition coefficient (Wildman–Crippen LogP) is 2.41. The third-order valence-corrected chi connectivity index (χ3v) is 3.85. The van der Waals surface area contributed by atoms with E-state index in [0.717, 1.165) is 19.5 Å². The van der Waals surface area contributed by atoms with E-state index >= 15 is 0 Å². The van der Waals surface area contributed by atoms with Crippen LogP contribution >= 0.6 is 0 Å². The normalized spacial score (nSPS) is 24.6. The molecule has 1 N–H and O–H groups in total. The monoisotopic (exact) mass is 240 g/mol. The number of hydrogen-bond acceptors (Lipinski definition) is 2. The quantitative estimate of drug-likeness (QED) is 0.723. The highest BCUT2D eigenvalue weighted by atomic mass is 16.2. The van der Waals surface area contributed by atoms with Gasteiger partial charge in [-0.05, 0) is 31.7 Å². The minimum absolute atomic E-state index is 0.298. The van der Waals surface area contributed by atoms with E-state index in [2.05, 4.69) is 19.2 Å². The second-order valence-corrected chi connectivity index (χ2v) is 5.41. The third-order valence-electron chi connectivity index (χ3n) is 3.85. The average Bonchev–Trinajstić information content (AvgIpc) is 2.32. The van der Waals surface area contributed by atoms with Gasteiger partial charge in [-0.25, -0.2) is 0 Å². The highest BCUT2D eigenvalue weighted by molar-refractivity contribution is 5.76. The first kappa shape index (κ1) is 14.5. The van der Waals surface area contributed by atoms with E-state index in [9.17, 15) is 4.79 Å². The third kappa shape index (κ3) is 5.07. The molecule has 2 unspecified atom stereocenters. The number of nitrogens with zero attached hydrogens (tertiary/aromatic N) is 1. The van der Waals surface area contributed by atoms with E-state index in [1.54, 1.807) is 0 Å². The van der Waals surface area contributed by atoms with Crippen LogP contribution in [0.4, 0.5) is 0 Å². The van der Waals surface area contributed by atoms with Crippen LogP contribution < -0.4 is 5.32 Å². The number of hydrogen-bond donors (Lipinski definition) is 1. The number of carbonyl (C=O) groups excluding carboxylic acids is 1. The number of carbonyl (C=O) groups is 1. The average molecular weight is 240 g/mol. The largest absolute Gasteiger partial charge is 0.346 e. The summed E-state index contributed by atoms with van der Waals surface area (Å²) in [6.45, 7) is 6.42. The molecule has 17 heavy (non-hydrogen) atoms. The smallest absolute Gasteiger partial charge is 0.223 e. The van der Waals surface area contributed by atoms with Crippen LogP contribution in [0.2, 0.25) is 0 Å². The fraction of sp³-hybridized carbons (Fsp3) is 0.929. The number of nitrogens with one attached hydrogen (secondary N) is 1. The maximum atomic E-state index is 12.0. The molecule has 1 fully saturated rings. The lowest BCUT2D eigenvalue weighted by Crippen LogP contribution is -2.44. The van der Waals surface area contributed by atoms with Gasteiger partial charge in [-0.2, -0.15) is 0 Å². The van der Waals surface area contributed by atoms with Gasteiger partial charge in [0.2, 0.25) is 5.91 Å².